The topological polar surface area (TPSA) is 38.7 Å². The van der Waals surface area contributed by atoms with Crippen LogP contribution in [0.5, 0.6) is 11.5 Å². The van der Waals surface area contributed by atoms with Gasteiger partial charge >= 0.3 is 0 Å². The minimum absolute atomic E-state index is 0.0685. The van der Waals surface area contributed by atoms with E-state index >= 15 is 0 Å². The summed E-state index contributed by atoms with van der Waals surface area (Å²) in [5.74, 6) is 3.73. The van der Waals surface area contributed by atoms with Crippen molar-refractivity contribution in [3.63, 3.8) is 0 Å². The summed E-state index contributed by atoms with van der Waals surface area (Å²) < 4.78 is 12.6. The highest BCUT2D eigenvalue weighted by molar-refractivity contribution is 5.30. The molecule has 0 saturated heterocycles. The summed E-state index contributed by atoms with van der Waals surface area (Å²) in [6.07, 6.45) is 9.44. The molecule has 6 unspecified atom stereocenters. The number of benzene rings is 2. The Morgan fingerprint density at radius 1 is 0.857 bits per heavy atom. The average molecular weight is 479 g/mol. The smallest absolute Gasteiger partial charge is 0.206 e. The normalized spacial score (nSPS) is 25.1. The third-order valence-corrected chi connectivity index (χ3v) is 8.03. The third-order valence-electron chi connectivity index (χ3n) is 8.03. The van der Waals surface area contributed by atoms with Crippen LogP contribution in [0.2, 0.25) is 0 Å². The van der Waals surface area contributed by atoms with E-state index < -0.39 is 0 Å². The predicted molar refractivity (Wildman–Crippen MR) is 146 cm³/mol. The highest BCUT2D eigenvalue weighted by Gasteiger charge is 2.52. The quantitative estimate of drug-likeness (QED) is 0.289. The number of hydrogen-bond donors (Lipinski definition) is 1. The number of allylic oxidation sites excluding steroid dienone is 2. The molecular formula is C32H46O3. The minimum atomic E-state index is -0.188. The van der Waals surface area contributed by atoms with Crippen LogP contribution in [0, 0.1) is 17.3 Å². The molecule has 0 heterocycles. The lowest BCUT2D eigenvalue weighted by Crippen LogP contribution is -2.43. The van der Waals surface area contributed by atoms with Crippen LogP contribution in [-0.4, -0.2) is 17.5 Å². The Balaban J connectivity index is 0.000000261. The zero-order chi connectivity index (χ0) is 25.6. The lowest BCUT2D eigenvalue weighted by Gasteiger charge is -2.39. The van der Waals surface area contributed by atoms with E-state index in [1.54, 1.807) is 12.1 Å². The molecule has 0 spiro atoms. The Morgan fingerprint density at radius 2 is 1.40 bits per heavy atom. The second kappa shape index (κ2) is 12.1. The summed E-state index contributed by atoms with van der Waals surface area (Å²) in [6.45, 7) is 15.4. The molecule has 0 aliphatic heterocycles. The molecule has 4 rings (SSSR count). The van der Waals surface area contributed by atoms with Crippen molar-refractivity contribution in [2.75, 3.05) is 0 Å². The fraction of sp³-hybridized carbons (Fsp3) is 0.562. The first-order valence-corrected chi connectivity index (χ1v) is 13.6. The van der Waals surface area contributed by atoms with Crippen molar-refractivity contribution in [3.05, 3.63) is 71.8 Å². The molecule has 0 radical (unpaired) electrons. The molecular weight excluding hydrogens is 432 g/mol. The summed E-state index contributed by atoms with van der Waals surface area (Å²) in [5, 5.41) is 9.01. The number of rotatable bonds is 9. The van der Waals surface area contributed by atoms with Gasteiger partial charge in [0.1, 0.15) is 11.5 Å². The van der Waals surface area contributed by atoms with Gasteiger partial charge in [-0.1, -0.05) is 71.0 Å². The first-order chi connectivity index (χ1) is 16.7. The number of phenolic OH excluding ortho intramolecular Hbond substituents is 1. The van der Waals surface area contributed by atoms with Gasteiger partial charge in [0.15, 0.2) is 0 Å². The number of ether oxygens (including phenoxy) is 2. The number of hydrogen-bond acceptors (Lipinski definition) is 3. The molecule has 3 nitrogen and oxygen atoms in total. The van der Waals surface area contributed by atoms with E-state index in [0.29, 0.717) is 29.4 Å². The second-order valence-electron chi connectivity index (χ2n) is 11.1. The van der Waals surface area contributed by atoms with Gasteiger partial charge in [-0.3, -0.25) is 0 Å². The fourth-order valence-corrected chi connectivity index (χ4v) is 5.24. The van der Waals surface area contributed by atoms with Crippen LogP contribution in [-0.2, 0) is 4.74 Å². The van der Waals surface area contributed by atoms with E-state index in [0.717, 1.165) is 25.0 Å². The van der Waals surface area contributed by atoms with Crippen LogP contribution in [0.25, 0.3) is 0 Å². The summed E-state index contributed by atoms with van der Waals surface area (Å²) in [6, 6.07) is 16.0. The van der Waals surface area contributed by atoms with Gasteiger partial charge in [-0.2, -0.15) is 0 Å². The molecule has 2 aromatic rings. The largest absolute Gasteiger partial charge is 0.508 e. The second-order valence-corrected chi connectivity index (χ2v) is 11.1. The highest BCUT2D eigenvalue weighted by atomic mass is 16.7. The number of aromatic hydroxyl groups is 1. The maximum absolute atomic E-state index is 9.01. The molecule has 1 N–H and O–H groups in total. The molecule has 1 fully saturated rings. The van der Waals surface area contributed by atoms with Crippen LogP contribution in [0.4, 0.5) is 0 Å². The summed E-state index contributed by atoms with van der Waals surface area (Å²) in [7, 11) is 0. The third kappa shape index (κ3) is 6.91. The molecule has 0 aromatic heterocycles. The van der Waals surface area contributed by atoms with Crippen LogP contribution < -0.4 is 4.74 Å². The minimum Gasteiger partial charge on any atom is -0.508 e. The summed E-state index contributed by atoms with van der Waals surface area (Å²) in [4.78, 5) is 0. The van der Waals surface area contributed by atoms with E-state index in [4.69, 9.17) is 14.6 Å². The monoisotopic (exact) mass is 478 g/mol. The van der Waals surface area contributed by atoms with Crippen molar-refractivity contribution >= 4 is 0 Å². The SMILES string of the molecule is CCC(C)c1ccc(O)cc1.CCC(C)c1ccc(OC(OC(C)C)C2(C)CC3C=CC2C3)cc1. The molecule has 0 amide bonds. The maximum Gasteiger partial charge on any atom is 0.206 e. The highest BCUT2D eigenvalue weighted by Crippen LogP contribution is 2.54. The van der Waals surface area contributed by atoms with Gasteiger partial charge in [-0.25, -0.2) is 0 Å². The Bertz CT molecular complexity index is 930. The Hall–Kier alpha value is -2.26. The molecule has 35 heavy (non-hydrogen) atoms. The lowest BCUT2D eigenvalue weighted by molar-refractivity contribution is -0.180. The summed E-state index contributed by atoms with van der Waals surface area (Å²) >= 11 is 0. The van der Waals surface area contributed by atoms with Gasteiger partial charge in [0.2, 0.25) is 6.29 Å². The van der Waals surface area contributed by atoms with Crippen LogP contribution >= 0.6 is 0 Å². The van der Waals surface area contributed by atoms with Gasteiger partial charge in [-0.05, 0) is 98.6 Å². The van der Waals surface area contributed by atoms with E-state index in [1.165, 1.54) is 17.5 Å². The molecule has 2 aliphatic carbocycles. The Morgan fingerprint density at radius 3 is 1.83 bits per heavy atom. The molecule has 1 saturated carbocycles. The van der Waals surface area contributed by atoms with Crippen molar-refractivity contribution in [2.24, 2.45) is 17.3 Å². The van der Waals surface area contributed by atoms with Crippen molar-refractivity contribution in [3.8, 4) is 11.5 Å². The Labute approximate surface area is 213 Å². The number of fused-ring (bicyclic) bond motifs is 2. The predicted octanol–water partition coefficient (Wildman–Crippen LogP) is 8.84. The van der Waals surface area contributed by atoms with Crippen LogP contribution in [0.3, 0.4) is 0 Å². The lowest BCUT2D eigenvalue weighted by atomic mass is 9.77. The van der Waals surface area contributed by atoms with Crippen molar-refractivity contribution in [1.29, 1.82) is 0 Å². The van der Waals surface area contributed by atoms with Gasteiger partial charge in [0, 0.05) is 5.41 Å². The van der Waals surface area contributed by atoms with Crippen molar-refractivity contribution < 1.29 is 14.6 Å². The van der Waals surface area contributed by atoms with Crippen molar-refractivity contribution in [2.45, 2.75) is 98.4 Å². The van der Waals surface area contributed by atoms with Crippen LogP contribution in [0.15, 0.2) is 60.7 Å². The van der Waals surface area contributed by atoms with Crippen molar-refractivity contribution in [1.82, 2.24) is 0 Å². The van der Waals surface area contributed by atoms with E-state index in [2.05, 4.69) is 84.9 Å². The first kappa shape index (κ1) is 27.3. The standard InChI is InChI=1S/C22H32O2.C10H14O/c1-6-16(4)18-8-11-20(12-9-18)24-21(23-15(2)3)22(5)14-17-7-10-19(22)13-17;1-3-8(2)9-4-6-10(11)7-5-9/h7-12,15-17,19,21H,6,13-14H2,1-5H3;4-8,11H,3H2,1-2H3. The first-order valence-electron chi connectivity index (χ1n) is 13.6. The molecule has 2 aromatic carbocycles. The summed E-state index contributed by atoms with van der Waals surface area (Å²) in [5.41, 5.74) is 2.74. The number of phenols is 1. The maximum atomic E-state index is 9.01. The van der Waals surface area contributed by atoms with Gasteiger partial charge in [-0.15, -0.1) is 0 Å². The van der Waals surface area contributed by atoms with Gasteiger partial charge in [0.05, 0.1) is 6.10 Å². The Kier molecular flexibility index (Phi) is 9.47. The van der Waals surface area contributed by atoms with Gasteiger partial charge in [0.25, 0.3) is 0 Å². The van der Waals surface area contributed by atoms with Crippen LogP contribution in [0.1, 0.15) is 97.1 Å². The molecule has 6 atom stereocenters. The zero-order valence-corrected chi connectivity index (χ0v) is 22.8. The molecule has 192 valence electrons. The van der Waals surface area contributed by atoms with E-state index in [1.807, 2.05) is 12.1 Å². The molecule has 3 heteroatoms. The van der Waals surface area contributed by atoms with Gasteiger partial charge < -0.3 is 14.6 Å². The molecule has 2 bridgehead atoms. The zero-order valence-electron chi connectivity index (χ0n) is 22.8. The fourth-order valence-electron chi connectivity index (χ4n) is 5.24. The van der Waals surface area contributed by atoms with E-state index in [9.17, 15) is 0 Å². The molecule has 2 aliphatic rings. The average Bonchev–Trinajstić information content (AvgIpc) is 3.45. The van der Waals surface area contributed by atoms with E-state index in [-0.39, 0.29) is 17.8 Å².